The first kappa shape index (κ1) is 16.3. The van der Waals surface area contributed by atoms with E-state index in [9.17, 15) is 0 Å². The number of likely N-dealkylation sites (N-methyl/N-ethyl adjacent to an activating group) is 1. The number of benzene rings is 1. The first-order valence-corrected chi connectivity index (χ1v) is 8.62. The van der Waals surface area contributed by atoms with E-state index in [1.165, 1.54) is 48.0 Å². The SMILES string of the molecule is COc1ccc2[nH]c(CN3CCCC[C@H](N(C)C)C3)c(C)c2c1. The van der Waals surface area contributed by atoms with Crippen molar-refractivity contribution >= 4 is 10.9 Å². The highest BCUT2D eigenvalue weighted by Gasteiger charge is 2.21. The number of methoxy groups -OCH3 is 1. The van der Waals surface area contributed by atoms with Gasteiger partial charge in [0.2, 0.25) is 0 Å². The number of nitrogens with zero attached hydrogens (tertiary/aromatic N) is 2. The molecule has 2 aromatic rings. The van der Waals surface area contributed by atoms with Crippen molar-refractivity contribution in [2.75, 3.05) is 34.3 Å². The fourth-order valence-electron chi connectivity index (χ4n) is 3.63. The molecule has 1 fully saturated rings. The van der Waals surface area contributed by atoms with Gasteiger partial charge in [-0.15, -0.1) is 0 Å². The normalized spacial score (nSPS) is 20.1. The minimum atomic E-state index is 0.669. The Morgan fingerprint density at radius 2 is 2.13 bits per heavy atom. The molecule has 2 heterocycles. The Hall–Kier alpha value is -1.52. The molecule has 1 aliphatic rings. The summed E-state index contributed by atoms with van der Waals surface area (Å²) in [5, 5.41) is 1.28. The molecule has 0 bridgehead atoms. The number of aromatic amines is 1. The van der Waals surface area contributed by atoms with E-state index in [-0.39, 0.29) is 0 Å². The average molecular weight is 315 g/mol. The van der Waals surface area contributed by atoms with Crippen molar-refractivity contribution < 1.29 is 4.74 Å². The average Bonchev–Trinajstić information content (AvgIpc) is 2.72. The van der Waals surface area contributed by atoms with Crippen LogP contribution in [-0.4, -0.2) is 55.1 Å². The lowest BCUT2D eigenvalue weighted by atomic mass is 10.1. The van der Waals surface area contributed by atoms with Gasteiger partial charge in [-0.3, -0.25) is 4.90 Å². The monoisotopic (exact) mass is 315 g/mol. The summed E-state index contributed by atoms with van der Waals surface area (Å²) in [6.45, 7) is 5.58. The Morgan fingerprint density at radius 1 is 1.30 bits per heavy atom. The van der Waals surface area contributed by atoms with Crippen molar-refractivity contribution in [3.63, 3.8) is 0 Å². The molecule has 1 atom stereocenters. The van der Waals surface area contributed by atoms with Gasteiger partial charge in [0.1, 0.15) is 5.75 Å². The molecule has 3 rings (SSSR count). The van der Waals surface area contributed by atoms with Crippen LogP contribution in [0.15, 0.2) is 18.2 Å². The maximum absolute atomic E-state index is 5.36. The molecule has 0 radical (unpaired) electrons. The lowest BCUT2D eigenvalue weighted by Crippen LogP contribution is -2.38. The second-order valence-electron chi connectivity index (χ2n) is 6.99. The number of aryl methyl sites for hydroxylation is 1. The van der Waals surface area contributed by atoms with E-state index in [0.29, 0.717) is 6.04 Å². The van der Waals surface area contributed by atoms with Crippen molar-refractivity contribution in [2.24, 2.45) is 0 Å². The van der Waals surface area contributed by atoms with Crippen LogP contribution in [0.1, 0.15) is 30.5 Å². The molecule has 4 nitrogen and oxygen atoms in total. The van der Waals surface area contributed by atoms with Crippen LogP contribution in [0.2, 0.25) is 0 Å². The highest BCUT2D eigenvalue weighted by molar-refractivity contribution is 5.85. The van der Waals surface area contributed by atoms with Crippen molar-refractivity contribution in [3.8, 4) is 5.75 Å². The van der Waals surface area contributed by atoms with Gasteiger partial charge in [0.25, 0.3) is 0 Å². The number of nitrogens with one attached hydrogen (secondary N) is 1. The third-order valence-corrected chi connectivity index (χ3v) is 5.21. The zero-order valence-corrected chi connectivity index (χ0v) is 14.9. The summed E-state index contributed by atoms with van der Waals surface area (Å²) >= 11 is 0. The quantitative estimate of drug-likeness (QED) is 0.938. The second kappa shape index (κ2) is 6.93. The van der Waals surface area contributed by atoms with Crippen molar-refractivity contribution in [3.05, 3.63) is 29.5 Å². The zero-order valence-electron chi connectivity index (χ0n) is 14.9. The van der Waals surface area contributed by atoms with Gasteiger partial charge >= 0.3 is 0 Å². The number of hydrogen-bond donors (Lipinski definition) is 1. The van der Waals surface area contributed by atoms with Crippen LogP contribution in [-0.2, 0) is 6.54 Å². The zero-order chi connectivity index (χ0) is 16.4. The molecular formula is C19H29N3O. The molecule has 23 heavy (non-hydrogen) atoms. The summed E-state index contributed by atoms with van der Waals surface area (Å²) in [7, 11) is 6.13. The van der Waals surface area contributed by atoms with Crippen molar-refractivity contribution in [1.29, 1.82) is 0 Å². The lowest BCUT2D eigenvalue weighted by molar-refractivity contribution is 0.190. The molecule has 0 unspecified atom stereocenters. The molecule has 1 saturated heterocycles. The molecule has 1 N–H and O–H groups in total. The minimum Gasteiger partial charge on any atom is -0.497 e. The first-order valence-electron chi connectivity index (χ1n) is 8.62. The number of aromatic nitrogens is 1. The van der Waals surface area contributed by atoms with E-state index < -0.39 is 0 Å². The van der Waals surface area contributed by atoms with Crippen molar-refractivity contribution in [1.82, 2.24) is 14.8 Å². The molecule has 4 heteroatoms. The van der Waals surface area contributed by atoms with Gasteiger partial charge in [-0.05, 0) is 64.2 Å². The molecular weight excluding hydrogens is 286 g/mol. The van der Waals surface area contributed by atoms with E-state index in [1.807, 2.05) is 6.07 Å². The Labute approximate surface area is 139 Å². The Bertz CT molecular complexity index is 662. The van der Waals surface area contributed by atoms with E-state index in [4.69, 9.17) is 4.74 Å². The van der Waals surface area contributed by atoms with Gasteiger partial charge in [-0.2, -0.15) is 0 Å². The molecule has 1 aliphatic heterocycles. The van der Waals surface area contributed by atoms with Crippen LogP contribution in [0.3, 0.4) is 0 Å². The fourth-order valence-corrected chi connectivity index (χ4v) is 3.63. The molecule has 1 aromatic heterocycles. The van der Waals surface area contributed by atoms with E-state index >= 15 is 0 Å². The summed E-state index contributed by atoms with van der Waals surface area (Å²) in [4.78, 5) is 8.60. The highest BCUT2D eigenvalue weighted by Crippen LogP contribution is 2.27. The number of hydrogen-bond acceptors (Lipinski definition) is 3. The number of fused-ring (bicyclic) bond motifs is 1. The van der Waals surface area contributed by atoms with Crippen LogP contribution < -0.4 is 4.74 Å². The molecule has 0 saturated carbocycles. The maximum atomic E-state index is 5.36. The third kappa shape index (κ3) is 3.54. The molecule has 126 valence electrons. The van der Waals surface area contributed by atoms with Gasteiger partial charge in [-0.25, -0.2) is 0 Å². The van der Waals surface area contributed by atoms with Gasteiger partial charge in [-0.1, -0.05) is 6.42 Å². The Balaban J connectivity index is 1.81. The Morgan fingerprint density at radius 3 is 2.87 bits per heavy atom. The summed E-state index contributed by atoms with van der Waals surface area (Å²) in [5.41, 5.74) is 3.90. The van der Waals surface area contributed by atoms with Crippen LogP contribution >= 0.6 is 0 Å². The summed E-state index contributed by atoms with van der Waals surface area (Å²) in [5.74, 6) is 0.925. The smallest absolute Gasteiger partial charge is 0.119 e. The topological polar surface area (TPSA) is 31.5 Å². The number of rotatable bonds is 4. The number of H-pyrrole nitrogens is 1. The lowest BCUT2D eigenvalue weighted by Gasteiger charge is -2.28. The van der Waals surface area contributed by atoms with E-state index in [2.05, 4.69) is 47.9 Å². The summed E-state index contributed by atoms with van der Waals surface area (Å²) in [6, 6.07) is 6.95. The highest BCUT2D eigenvalue weighted by atomic mass is 16.5. The maximum Gasteiger partial charge on any atom is 0.119 e. The van der Waals surface area contributed by atoms with Gasteiger partial charge < -0.3 is 14.6 Å². The van der Waals surface area contributed by atoms with Crippen LogP contribution in [0.25, 0.3) is 10.9 Å². The number of likely N-dealkylation sites (tertiary alicyclic amines) is 1. The molecule has 0 aliphatic carbocycles. The molecule has 0 amide bonds. The standard InChI is InChI=1S/C19H29N3O/c1-14-17-11-16(23-4)8-9-18(17)20-19(14)13-22-10-6-5-7-15(12-22)21(2)3/h8-9,11,15,20H,5-7,10,12-13H2,1-4H3/t15-/m0/s1. The van der Waals surface area contributed by atoms with Gasteiger partial charge in [0, 0.05) is 35.7 Å². The van der Waals surface area contributed by atoms with Crippen molar-refractivity contribution in [2.45, 2.75) is 38.8 Å². The molecule has 1 aromatic carbocycles. The van der Waals surface area contributed by atoms with Gasteiger partial charge in [0.05, 0.1) is 7.11 Å². The van der Waals surface area contributed by atoms with Crippen LogP contribution in [0, 0.1) is 6.92 Å². The minimum absolute atomic E-state index is 0.669. The predicted octanol–water partition coefficient (Wildman–Crippen LogP) is 3.40. The third-order valence-electron chi connectivity index (χ3n) is 5.21. The van der Waals surface area contributed by atoms with Crippen LogP contribution in [0.5, 0.6) is 5.75 Å². The summed E-state index contributed by atoms with van der Waals surface area (Å²) in [6.07, 6.45) is 3.95. The van der Waals surface area contributed by atoms with E-state index in [1.54, 1.807) is 7.11 Å². The van der Waals surface area contributed by atoms with E-state index in [0.717, 1.165) is 18.8 Å². The van der Waals surface area contributed by atoms with Crippen LogP contribution in [0.4, 0.5) is 0 Å². The summed E-state index contributed by atoms with van der Waals surface area (Å²) < 4.78 is 5.36. The first-order chi connectivity index (χ1) is 11.1. The second-order valence-corrected chi connectivity index (χ2v) is 6.99. The number of ether oxygens (including phenoxy) is 1. The Kier molecular flexibility index (Phi) is 4.93. The fraction of sp³-hybridized carbons (Fsp3) is 0.579. The largest absolute Gasteiger partial charge is 0.497 e. The molecule has 0 spiro atoms. The van der Waals surface area contributed by atoms with Gasteiger partial charge in [0.15, 0.2) is 0 Å². The predicted molar refractivity (Wildman–Crippen MR) is 96.2 cm³/mol.